The molecule has 1 saturated carbocycles. The van der Waals surface area contributed by atoms with Crippen molar-refractivity contribution < 1.29 is 14.3 Å². The van der Waals surface area contributed by atoms with Crippen molar-refractivity contribution in [2.24, 2.45) is 0 Å². The highest BCUT2D eigenvalue weighted by atomic mass is 19.1. The van der Waals surface area contributed by atoms with E-state index in [4.69, 9.17) is 0 Å². The summed E-state index contributed by atoms with van der Waals surface area (Å²) in [5.41, 5.74) is 2.80. The zero-order chi connectivity index (χ0) is 23.4. The smallest absolute Gasteiger partial charge is 0.336 e. The normalized spacial score (nSPS) is 14.5. The third-order valence-corrected chi connectivity index (χ3v) is 6.68. The average Bonchev–Trinajstić information content (AvgIpc) is 3.07. The van der Waals surface area contributed by atoms with Crippen molar-refractivity contribution in [3.8, 4) is 11.1 Å². The number of hydrogen-bond acceptors (Lipinski definition) is 2. The summed E-state index contributed by atoms with van der Waals surface area (Å²) in [6.45, 7) is 2.36. The van der Waals surface area contributed by atoms with Crippen LogP contribution in [0.2, 0.25) is 0 Å². The Bertz CT molecular complexity index is 1170. The number of carbonyl (C=O) groups is 1. The Hall–Kier alpha value is -3.15. The summed E-state index contributed by atoms with van der Waals surface area (Å²) in [6.07, 6.45) is 7.22. The van der Waals surface area contributed by atoms with Gasteiger partial charge in [-0.15, -0.1) is 0 Å². The van der Waals surface area contributed by atoms with Crippen LogP contribution >= 0.6 is 0 Å². The molecule has 6 heteroatoms. The maximum Gasteiger partial charge on any atom is 0.336 e. The molecule has 1 heterocycles. The van der Waals surface area contributed by atoms with Crippen molar-refractivity contribution in [3.05, 3.63) is 81.8 Å². The third kappa shape index (κ3) is 4.80. The molecule has 0 saturated heterocycles. The summed E-state index contributed by atoms with van der Waals surface area (Å²) in [4.78, 5) is 24.9. The van der Waals surface area contributed by atoms with Crippen molar-refractivity contribution in [1.82, 2.24) is 9.13 Å². The van der Waals surface area contributed by atoms with Gasteiger partial charge >= 0.3 is 11.7 Å². The molecule has 1 fully saturated rings. The van der Waals surface area contributed by atoms with Gasteiger partial charge in [0.2, 0.25) is 5.95 Å². The fourth-order valence-electron chi connectivity index (χ4n) is 4.87. The average molecular weight is 451 g/mol. The van der Waals surface area contributed by atoms with Gasteiger partial charge in [-0.25, -0.2) is 9.59 Å². The van der Waals surface area contributed by atoms with E-state index in [1.807, 2.05) is 30.3 Å². The van der Waals surface area contributed by atoms with Crippen LogP contribution in [0.5, 0.6) is 0 Å². The molecular weight excluding hydrogens is 419 g/mol. The van der Waals surface area contributed by atoms with Gasteiger partial charge in [0.15, 0.2) is 0 Å². The lowest BCUT2D eigenvalue weighted by Gasteiger charge is -2.22. The number of unbranched alkanes of at least 4 members (excludes halogenated alkanes) is 1. The van der Waals surface area contributed by atoms with Crippen LogP contribution in [0, 0.1) is 5.95 Å². The lowest BCUT2D eigenvalue weighted by Crippen LogP contribution is -2.30. The molecule has 0 bridgehead atoms. The number of carboxylic acid groups (broad SMARTS) is 1. The van der Waals surface area contributed by atoms with Gasteiger partial charge in [-0.3, -0.25) is 9.13 Å². The van der Waals surface area contributed by atoms with E-state index in [1.165, 1.54) is 4.57 Å². The predicted molar refractivity (Wildman–Crippen MR) is 127 cm³/mol. The van der Waals surface area contributed by atoms with Gasteiger partial charge in [-0.1, -0.05) is 75.1 Å². The fraction of sp³-hybridized carbons (Fsp3) is 0.407. The van der Waals surface area contributed by atoms with Gasteiger partial charge in [-0.05, 0) is 48.4 Å². The minimum atomic E-state index is -0.971. The fourth-order valence-corrected chi connectivity index (χ4v) is 4.87. The van der Waals surface area contributed by atoms with E-state index in [-0.39, 0.29) is 23.2 Å². The topological polar surface area (TPSA) is 64.2 Å². The third-order valence-electron chi connectivity index (χ3n) is 6.68. The Morgan fingerprint density at radius 2 is 1.76 bits per heavy atom. The SMILES string of the molecule is CCCCc1c(F)n(C2CCCCC2)c(=O)n1Cc1ccc(-c2ccccc2C(=O)O)cc1. The van der Waals surface area contributed by atoms with Crippen LogP contribution in [0.4, 0.5) is 4.39 Å². The van der Waals surface area contributed by atoms with E-state index in [0.29, 0.717) is 24.2 Å². The second-order valence-electron chi connectivity index (χ2n) is 8.92. The molecule has 33 heavy (non-hydrogen) atoms. The molecule has 0 amide bonds. The maximum atomic E-state index is 15.5. The quantitative estimate of drug-likeness (QED) is 0.454. The van der Waals surface area contributed by atoms with Crippen LogP contribution in [-0.4, -0.2) is 20.2 Å². The highest BCUT2D eigenvalue weighted by Crippen LogP contribution is 2.29. The van der Waals surface area contributed by atoms with Crippen LogP contribution in [-0.2, 0) is 13.0 Å². The van der Waals surface area contributed by atoms with E-state index in [1.54, 1.807) is 22.8 Å². The van der Waals surface area contributed by atoms with Crippen LogP contribution in [0.1, 0.15) is 79.5 Å². The van der Waals surface area contributed by atoms with E-state index < -0.39 is 5.97 Å². The molecule has 1 aliphatic rings. The van der Waals surface area contributed by atoms with Gasteiger partial charge in [0.1, 0.15) is 0 Å². The molecule has 0 radical (unpaired) electrons. The Kier molecular flexibility index (Phi) is 7.11. The molecule has 1 N–H and O–H groups in total. The molecule has 174 valence electrons. The van der Waals surface area contributed by atoms with Gasteiger partial charge in [0, 0.05) is 6.04 Å². The van der Waals surface area contributed by atoms with Gasteiger partial charge in [0.05, 0.1) is 17.8 Å². The van der Waals surface area contributed by atoms with E-state index >= 15 is 4.39 Å². The minimum Gasteiger partial charge on any atom is -0.478 e. The van der Waals surface area contributed by atoms with Crippen LogP contribution < -0.4 is 5.69 Å². The predicted octanol–water partition coefficient (Wildman–Crippen LogP) is 6.05. The molecule has 1 aromatic heterocycles. The lowest BCUT2D eigenvalue weighted by molar-refractivity contribution is 0.0697. The maximum absolute atomic E-state index is 15.5. The molecule has 5 nitrogen and oxygen atoms in total. The van der Waals surface area contributed by atoms with E-state index in [0.717, 1.165) is 56.1 Å². The molecule has 0 aliphatic heterocycles. The number of halogens is 1. The highest BCUT2D eigenvalue weighted by molar-refractivity contribution is 5.95. The lowest BCUT2D eigenvalue weighted by atomic mass is 9.95. The van der Waals surface area contributed by atoms with Crippen molar-refractivity contribution in [2.75, 3.05) is 0 Å². The Morgan fingerprint density at radius 1 is 1.06 bits per heavy atom. The monoisotopic (exact) mass is 450 g/mol. The molecule has 1 aliphatic carbocycles. The zero-order valence-corrected chi connectivity index (χ0v) is 19.1. The number of nitrogens with zero attached hydrogens (tertiary/aromatic N) is 2. The summed E-state index contributed by atoms with van der Waals surface area (Å²) in [6, 6.07) is 14.3. The summed E-state index contributed by atoms with van der Waals surface area (Å²) < 4.78 is 18.5. The van der Waals surface area contributed by atoms with E-state index in [2.05, 4.69) is 6.92 Å². The van der Waals surface area contributed by atoms with Crippen LogP contribution in [0.3, 0.4) is 0 Å². The number of rotatable bonds is 8. The number of carboxylic acids is 1. The number of benzene rings is 2. The summed E-state index contributed by atoms with van der Waals surface area (Å²) in [5.74, 6) is -1.34. The first-order valence-corrected chi connectivity index (χ1v) is 11.9. The van der Waals surface area contributed by atoms with E-state index in [9.17, 15) is 14.7 Å². The first-order valence-electron chi connectivity index (χ1n) is 11.9. The number of hydrogen-bond donors (Lipinski definition) is 1. The molecule has 3 aromatic rings. The molecule has 0 unspecified atom stereocenters. The van der Waals surface area contributed by atoms with Gasteiger partial charge in [-0.2, -0.15) is 4.39 Å². The summed E-state index contributed by atoms with van der Waals surface area (Å²) >= 11 is 0. The van der Waals surface area contributed by atoms with Crippen molar-refractivity contribution in [3.63, 3.8) is 0 Å². The molecule has 0 spiro atoms. The van der Waals surface area contributed by atoms with Gasteiger partial charge in [0.25, 0.3) is 0 Å². The standard InChI is InChI=1S/C27H31FN2O3/c1-2-3-13-24-25(28)30(21-9-5-4-6-10-21)27(33)29(24)18-19-14-16-20(17-15-19)22-11-7-8-12-23(22)26(31)32/h7-8,11-12,14-17,21H,2-6,9-10,13,18H2,1H3,(H,31,32). The Morgan fingerprint density at radius 3 is 2.42 bits per heavy atom. The molecule has 0 atom stereocenters. The van der Waals surface area contributed by atoms with Crippen LogP contribution in [0.15, 0.2) is 53.3 Å². The Labute approximate surface area is 193 Å². The minimum absolute atomic E-state index is 0.0530. The zero-order valence-electron chi connectivity index (χ0n) is 19.1. The Balaban J connectivity index is 1.66. The highest BCUT2D eigenvalue weighted by Gasteiger charge is 2.26. The first-order chi connectivity index (χ1) is 16.0. The second-order valence-corrected chi connectivity index (χ2v) is 8.92. The first kappa shape index (κ1) is 23.0. The van der Waals surface area contributed by atoms with Crippen LogP contribution in [0.25, 0.3) is 11.1 Å². The second kappa shape index (κ2) is 10.2. The summed E-state index contributed by atoms with van der Waals surface area (Å²) in [5, 5.41) is 9.47. The molecule has 4 rings (SSSR count). The number of aromatic carboxylic acids is 1. The van der Waals surface area contributed by atoms with Crippen molar-refractivity contribution in [1.29, 1.82) is 0 Å². The van der Waals surface area contributed by atoms with Crippen molar-refractivity contribution >= 4 is 5.97 Å². The number of imidazole rings is 1. The summed E-state index contributed by atoms with van der Waals surface area (Å²) in [7, 11) is 0. The molecule has 2 aromatic carbocycles. The molecular formula is C27H31FN2O3. The van der Waals surface area contributed by atoms with Crippen molar-refractivity contribution in [2.45, 2.75) is 70.9 Å². The largest absolute Gasteiger partial charge is 0.478 e. The number of aromatic nitrogens is 2. The van der Waals surface area contributed by atoms with Gasteiger partial charge < -0.3 is 5.11 Å².